The fraction of sp³-hybridized carbons (Fsp3) is 0.476. The average molecular weight is 806 g/mol. The summed E-state index contributed by atoms with van der Waals surface area (Å²) in [5.41, 5.74) is 2.25. The normalized spacial score (nSPS) is 26.1. The van der Waals surface area contributed by atoms with Gasteiger partial charge in [0.05, 0.1) is 27.8 Å². The second-order valence-electron chi connectivity index (χ2n) is 16.4. The molecule has 1 aromatic heterocycles. The number of hydrogen-bond acceptors (Lipinski definition) is 12. The van der Waals surface area contributed by atoms with Crippen molar-refractivity contribution in [3.05, 3.63) is 75.9 Å². The Labute approximate surface area is 340 Å². The smallest absolute Gasteiger partial charge is 0.272 e. The first-order valence-corrected chi connectivity index (χ1v) is 20.6. The van der Waals surface area contributed by atoms with E-state index in [1.54, 1.807) is 36.4 Å². The van der Waals surface area contributed by atoms with E-state index < -0.39 is 29.7 Å². The van der Waals surface area contributed by atoms with Crippen molar-refractivity contribution < 1.29 is 28.7 Å². The van der Waals surface area contributed by atoms with Crippen molar-refractivity contribution in [3.63, 3.8) is 0 Å². The monoisotopic (exact) mass is 805 g/mol. The van der Waals surface area contributed by atoms with Gasteiger partial charge in [0.15, 0.2) is 11.5 Å². The Morgan fingerprint density at radius 2 is 1.69 bits per heavy atom. The number of benzene rings is 2. The van der Waals surface area contributed by atoms with Crippen molar-refractivity contribution in [1.29, 1.82) is 5.26 Å². The van der Waals surface area contributed by atoms with Gasteiger partial charge in [0.25, 0.3) is 17.7 Å². The van der Waals surface area contributed by atoms with E-state index in [-0.39, 0.29) is 30.9 Å². The van der Waals surface area contributed by atoms with Crippen LogP contribution in [0.2, 0.25) is 5.02 Å². The van der Waals surface area contributed by atoms with Crippen LogP contribution in [0, 0.1) is 17.2 Å². The summed E-state index contributed by atoms with van der Waals surface area (Å²) in [6.45, 7) is 4.56. The molecule has 0 spiro atoms. The molecule has 58 heavy (non-hydrogen) atoms. The number of imide groups is 2. The Morgan fingerprint density at radius 3 is 2.38 bits per heavy atom. The lowest BCUT2D eigenvalue weighted by Gasteiger charge is -2.39. The van der Waals surface area contributed by atoms with Crippen LogP contribution in [0.3, 0.4) is 0 Å². The molecule has 300 valence electrons. The fourth-order valence-corrected chi connectivity index (χ4v) is 9.87. The van der Waals surface area contributed by atoms with Crippen LogP contribution in [0.25, 0.3) is 0 Å². The number of nitrogens with zero attached hydrogens (tertiary/aromatic N) is 7. The minimum absolute atomic E-state index is 0.0189. The highest BCUT2D eigenvalue weighted by Crippen LogP contribution is 2.38. The van der Waals surface area contributed by atoms with E-state index in [4.69, 9.17) is 21.6 Å². The highest BCUT2D eigenvalue weighted by atomic mass is 35.5. The number of carbonyl (C=O) groups excluding carboxylic acids is 5. The summed E-state index contributed by atoms with van der Waals surface area (Å²) in [4.78, 5) is 71.9. The molecular weight excluding hydrogens is 762 g/mol. The first-order valence-electron chi connectivity index (χ1n) is 20.2. The summed E-state index contributed by atoms with van der Waals surface area (Å²) in [6, 6.07) is 16.0. The molecule has 2 bridgehead atoms. The van der Waals surface area contributed by atoms with Crippen LogP contribution in [0.5, 0.6) is 5.75 Å². The van der Waals surface area contributed by atoms with E-state index in [2.05, 4.69) is 41.6 Å². The van der Waals surface area contributed by atoms with Crippen LogP contribution >= 0.6 is 11.6 Å². The standard InChI is InChI=1S/C42H44ClN9O6/c43-34-19-31(5-1-25(34)20-44)58-30-6-2-26(3-7-30)45-39(54)35-9-11-37(48-47-35)49-15-13-24(14-16-49)21-50-22-29-17-28(50)23-51(29)27-4-8-32-33(18-27)42(57)52(41(32)56)36-10-12-38(53)46-40(36)55/h1,4-5,8-9,11,18-19,24,26,28-30,36H,2-3,6-7,10,12-17,21-23H2,(H,45,54)(H,46,53,55)/t26?,28-,29-,30?,36?/m1/s1. The molecule has 6 aliphatic rings. The number of carbonyl (C=O) groups is 5. The molecule has 16 heteroatoms. The van der Waals surface area contributed by atoms with Gasteiger partial charge in [-0.25, -0.2) is 0 Å². The van der Waals surface area contributed by atoms with Crippen molar-refractivity contribution in [2.45, 2.75) is 88.1 Å². The maximum atomic E-state index is 13.4. The van der Waals surface area contributed by atoms with Crippen molar-refractivity contribution in [1.82, 2.24) is 30.6 Å². The number of amides is 5. The predicted molar refractivity (Wildman–Crippen MR) is 211 cm³/mol. The molecule has 9 rings (SSSR count). The quantitative estimate of drug-likeness (QED) is 0.300. The minimum atomic E-state index is -0.975. The Morgan fingerprint density at radius 1 is 0.897 bits per heavy atom. The summed E-state index contributed by atoms with van der Waals surface area (Å²) in [5, 5.41) is 23.5. The number of anilines is 2. The van der Waals surface area contributed by atoms with E-state index in [9.17, 15) is 24.0 Å². The molecule has 4 saturated heterocycles. The zero-order valence-electron chi connectivity index (χ0n) is 31.9. The lowest BCUT2D eigenvalue weighted by atomic mass is 9.93. The van der Waals surface area contributed by atoms with Crippen LogP contribution in [-0.4, -0.2) is 113 Å². The largest absolute Gasteiger partial charge is 0.490 e. The number of piperidine rings is 2. The van der Waals surface area contributed by atoms with Crippen LogP contribution in [0.4, 0.5) is 11.5 Å². The van der Waals surface area contributed by atoms with Gasteiger partial charge in [0, 0.05) is 69.0 Å². The lowest BCUT2D eigenvalue weighted by molar-refractivity contribution is -0.136. The van der Waals surface area contributed by atoms with E-state index in [0.29, 0.717) is 51.2 Å². The third kappa shape index (κ3) is 7.35. The van der Waals surface area contributed by atoms with Crippen molar-refractivity contribution >= 4 is 52.6 Å². The summed E-state index contributed by atoms with van der Waals surface area (Å²) in [7, 11) is 0. The molecule has 5 fully saturated rings. The zero-order chi connectivity index (χ0) is 40.1. The summed E-state index contributed by atoms with van der Waals surface area (Å²) >= 11 is 6.15. The van der Waals surface area contributed by atoms with Crippen LogP contribution in [0.1, 0.15) is 94.6 Å². The van der Waals surface area contributed by atoms with Gasteiger partial charge in [-0.15, -0.1) is 10.2 Å². The Kier molecular flexibility index (Phi) is 10.2. The van der Waals surface area contributed by atoms with Crippen LogP contribution in [0.15, 0.2) is 48.5 Å². The van der Waals surface area contributed by atoms with Crippen molar-refractivity contribution in [2.24, 2.45) is 5.92 Å². The fourth-order valence-electron chi connectivity index (χ4n) is 9.65. The second kappa shape index (κ2) is 15.6. The summed E-state index contributed by atoms with van der Waals surface area (Å²) < 4.78 is 6.08. The number of aromatic nitrogens is 2. The first-order chi connectivity index (χ1) is 28.1. The topological polar surface area (TPSA) is 181 Å². The third-order valence-electron chi connectivity index (χ3n) is 12.8. The average Bonchev–Trinajstić information content (AvgIpc) is 3.90. The lowest BCUT2D eigenvalue weighted by Crippen LogP contribution is -2.54. The molecule has 3 atom stereocenters. The molecule has 15 nitrogen and oxygen atoms in total. The molecule has 1 aliphatic carbocycles. The van der Waals surface area contributed by atoms with Crippen molar-refractivity contribution in [3.8, 4) is 11.8 Å². The van der Waals surface area contributed by atoms with Gasteiger partial charge in [0.1, 0.15) is 17.9 Å². The van der Waals surface area contributed by atoms with Gasteiger partial charge in [0.2, 0.25) is 11.8 Å². The highest BCUT2D eigenvalue weighted by molar-refractivity contribution is 6.31. The van der Waals surface area contributed by atoms with Gasteiger partial charge in [-0.3, -0.25) is 39.1 Å². The number of halogens is 1. The van der Waals surface area contributed by atoms with Crippen LogP contribution < -0.4 is 25.2 Å². The first kappa shape index (κ1) is 38.0. The third-order valence-corrected chi connectivity index (χ3v) is 13.1. The Bertz CT molecular complexity index is 2200. The second-order valence-corrected chi connectivity index (χ2v) is 16.8. The van der Waals surface area contributed by atoms with E-state index in [0.717, 1.165) is 94.1 Å². The predicted octanol–water partition coefficient (Wildman–Crippen LogP) is 3.70. The van der Waals surface area contributed by atoms with Gasteiger partial charge < -0.3 is 19.9 Å². The molecule has 0 radical (unpaired) electrons. The molecule has 6 heterocycles. The van der Waals surface area contributed by atoms with E-state index in [1.165, 1.54) is 0 Å². The molecule has 5 aliphatic heterocycles. The van der Waals surface area contributed by atoms with E-state index >= 15 is 0 Å². The van der Waals surface area contributed by atoms with Gasteiger partial charge in [-0.2, -0.15) is 5.26 Å². The molecular formula is C42H44ClN9O6. The van der Waals surface area contributed by atoms with Gasteiger partial charge >= 0.3 is 0 Å². The number of piperazine rings is 1. The van der Waals surface area contributed by atoms with E-state index in [1.807, 2.05) is 12.1 Å². The Hall–Kier alpha value is -5.59. The number of fused-ring (bicyclic) bond motifs is 3. The summed E-state index contributed by atoms with van der Waals surface area (Å²) in [5.74, 6) is -0.211. The molecule has 2 N–H and O–H groups in total. The highest BCUT2D eigenvalue weighted by Gasteiger charge is 2.47. The van der Waals surface area contributed by atoms with Crippen molar-refractivity contribution in [2.75, 3.05) is 42.5 Å². The van der Waals surface area contributed by atoms with Gasteiger partial charge in [-0.05, 0) is 99.7 Å². The van der Waals surface area contributed by atoms with Gasteiger partial charge in [-0.1, -0.05) is 11.6 Å². The zero-order valence-corrected chi connectivity index (χ0v) is 32.7. The molecule has 1 saturated carbocycles. The van der Waals surface area contributed by atoms with Crippen LogP contribution in [-0.2, 0) is 9.59 Å². The number of rotatable bonds is 9. The number of nitriles is 1. The summed E-state index contributed by atoms with van der Waals surface area (Å²) in [6.07, 6.45) is 6.52. The molecule has 1 unspecified atom stereocenters. The molecule has 5 amide bonds. The molecule has 2 aromatic carbocycles. The number of hydrogen-bond donors (Lipinski definition) is 2. The molecule has 3 aromatic rings. The Balaban J connectivity index is 0.714. The minimum Gasteiger partial charge on any atom is -0.490 e. The number of nitrogens with one attached hydrogen (secondary N) is 2. The number of ether oxygens (including phenoxy) is 1. The maximum Gasteiger partial charge on any atom is 0.272 e. The number of likely N-dealkylation sites (tertiary alicyclic amines) is 1. The SMILES string of the molecule is N#Cc1ccc(OC2CCC(NC(=O)c3ccc(N4CCC(CN5C[C@H]6C[C@@H]5CN6c5ccc6c(c5)C(=O)N(C5CCC(=O)NC5=O)C6=O)CC4)nn3)CC2)cc1Cl. The maximum absolute atomic E-state index is 13.4.